The van der Waals surface area contributed by atoms with Crippen LogP contribution in [0.4, 0.5) is 0 Å². The van der Waals surface area contributed by atoms with Crippen molar-refractivity contribution in [3.8, 4) is 0 Å². The quantitative estimate of drug-likeness (QED) is 0.496. The van der Waals surface area contributed by atoms with Gasteiger partial charge in [0.05, 0.1) is 12.7 Å². The highest BCUT2D eigenvalue weighted by molar-refractivity contribution is 5.88. The van der Waals surface area contributed by atoms with Crippen LogP contribution in [0.2, 0.25) is 0 Å². The highest BCUT2D eigenvalue weighted by Crippen LogP contribution is 2.35. The second kappa shape index (κ2) is 3.47. The molecule has 2 aliphatic rings. The van der Waals surface area contributed by atoms with Gasteiger partial charge in [-0.05, 0) is 18.9 Å². The van der Waals surface area contributed by atoms with Crippen molar-refractivity contribution in [1.82, 2.24) is 0 Å². The van der Waals surface area contributed by atoms with Crippen molar-refractivity contribution in [2.24, 2.45) is 0 Å². The van der Waals surface area contributed by atoms with Gasteiger partial charge in [-0.1, -0.05) is 0 Å². The number of hydrogen-bond donors (Lipinski definition) is 1. The number of epoxide rings is 1. The van der Waals surface area contributed by atoms with Crippen molar-refractivity contribution in [3.05, 3.63) is 11.6 Å². The van der Waals surface area contributed by atoms with E-state index in [4.69, 9.17) is 14.6 Å². The number of esters is 1. The van der Waals surface area contributed by atoms with E-state index in [1.807, 2.05) is 6.08 Å². The maximum absolute atomic E-state index is 11.3. The maximum atomic E-state index is 11.3. The molecule has 1 fully saturated rings. The standard InChI is InChI=1S/C9H12O4/c10-3-4-12-9(11)6-1-2-7-8(5-6)13-7/h5,7-8,10H,1-4H2. The number of aliphatic hydroxyl groups is 1. The van der Waals surface area contributed by atoms with E-state index in [0.29, 0.717) is 11.7 Å². The van der Waals surface area contributed by atoms with Gasteiger partial charge in [-0.3, -0.25) is 0 Å². The van der Waals surface area contributed by atoms with E-state index >= 15 is 0 Å². The lowest BCUT2D eigenvalue weighted by molar-refractivity contribution is -0.140. The fourth-order valence-electron chi connectivity index (χ4n) is 1.52. The Labute approximate surface area is 76.1 Å². The molecule has 1 aliphatic heterocycles. The SMILES string of the molecule is O=C(OCCO)C1=CC2OC2CC1. The number of rotatable bonds is 3. The third-order valence-electron chi connectivity index (χ3n) is 2.27. The van der Waals surface area contributed by atoms with Crippen molar-refractivity contribution < 1.29 is 19.4 Å². The van der Waals surface area contributed by atoms with Crippen molar-refractivity contribution in [3.63, 3.8) is 0 Å². The summed E-state index contributed by atoms with van der Waals surface area (Å²) in [7, 11) is 0. The molecule has 13 heavy (non-hydrogen) atoms. The molecule has 0 aromatic rings. The minimum Gasteiger partial charge on any atom is -0.460 e. The molecule has 1 aliphatic carbocycles. The van der Waals surface area contributed by atoms with E-state index in [1.54, 1.807) is 0 Å². The molecule has 1 heterocycles. The van der Waals surface area contributed by atoms with Gasteiger partial charge in [-0.15, -0.1) is 0 Å². The second-order valence-corrected chi connectivity index (χ2v) is 3.23. The Hall–Kier alpha value is -0.870. The summed E-state index contributed by atoms with van der Waals surface area (Å²) in [6.45, 7) is -0.0489. The summed E-state index contributed by atoms with van der Waals surface area (Å²) in [5, 5.41) is 8.45. The van der Waals surface area contributed by atoms with Crippen LogP contribution < -0.4 is 0 Å². The molecule has 72 valence electrons. The summed E-state index contributed by atoms with van der Waals surface area (Å²) in [6, 6.07) is 0. The topological polar surface area (TPSA) is 59.1 Å². The summed E-state index contributed by atoms with van der Waals surface area (Å²) >= 11 is 0. The van der Waals surface area contributed by atoms with Crippen LogP contribution in [-0.4, -0.2) is 36.5 Å². The average molecular weight is 184 g/mol. The summed E-state index contributed by atoms with van der Waals surface area (Å²) in [5.41, 5.74) is 0.687. The Kier molecular flexibility index (Phi) is 2.33. The van der Waals surface area contributed by atoms with Crippen molar-refractivity contribution in [1.29, 1.82) is 0 Å². The molecule has 0 aromatic carbocycles. The largest absolute Gasteiger partial charge is 0.460 e. The fraction of sp³-hybridized carbons (Fsp3) is 0.667. The van der Waals surface area contributed by atoms with Gasteiger partial charge in [0.25, 0.3) is 0 Å². The Morgan fingerprint density at radius 3 is 3.31 bits per heavy atom. The average Bonchev–Trinajstić information content (AvgIpc) is 2.91. The van der Waals surface area contributed by atoms with E-state index < -0.39 is 0 Å². The first-order valence-corrected chi connectivity index (χ1v) is 4.45. The molecule has 0 bridgehead atoms. The molecule has 0 aromatic heterocycles. The van der Waals surface area contributed by atoms with Crippen LogP contribution in [-0.2, 0) is 14.3 Å². The minimum absolute atomic E-state index is 0.0745. The lowest BCUT2D eigenvalue weighted by Crippen LogP contribution is -2.14. The monoisotopic (exact) mass is 184 g/mol. The molecule has 0 spiro atoms. The second-order valence-electron chi connectivity index (χ2n) is 3.23. The number of ether oxygens (including phenoxy) is 2. The first-order valence-electron chi connectivity index (χ1n) is 4.45. The van der Waals surface area contributed by atoms with Crippen LogP contribution in [0.15, 0.2) is 11.6 Å². The third kappa shape index (κ3) is 1.89. The van der Waals surface area contributed by atoms with E-state index in [1.165, 1.54) is 0 Å². The van der Waals surface area contributed by atoms with Crippen LogP contribution in [0.25, 0.3) is 0 Å². The summed E-state index contributed by atoms with van der Waals surface area (Å²) < 4.78 is 10.0. The van der Waals surface area contributed by atoms with Gasteiger partial charge in [0.15, 0.2) is 0 Å². The van der Waals surface area contributed by atoms with Gasteiger partial charge in [-0.2, -0.15) is 0 Å². The molecule has 0 amide bonds. The third-order valence-corrected chi connectivity index (χ3v) is 2.27. The van der Waals surface area contributed by atoms with Crippen LogP contribution >= 0.6 is 0 Å². The molecule has 1 N–H and O–H groups in total. The van der Waals surface area contributed by atoms with Crippen molar-refractivity contribution in [2.75, 3.05) is 13.2 Å². The molecular formula is C9H12O4. The van der Waals surface area contributed by atoms with Gasteiger partial charge in [0.1, 0.15) is 12.7 Å². The first-order chi connectivity index (χ1) is 6.31. The van der Waals surface area contributed by atoms with E-state index in [0.717, 1.165) is 12.8 Å². The number of aliphatic hydroxyl groups excluding tert-OH is 1. The van der Waals surface area contributed by atoms with Gasteiger partial charge in [0.2, 0.25) is 0 Å². The van der Waals surface area contributed by atoms with Gasteiger partial charge in [0, 0.05) is 5.57 Å². The molecule has 1 saturated heterocycles. The first kappa shape index (κ1) is 8.72. The summed E-state index contributed by atoms with van der Waals surface area (Å²) in [4.78, 5) is 11.3. The summed E-state index contributed by atoms with van der Waals surface area (Å²) in [6.07, 6.45) is 3.95. The molecule has 2 rings (SSSR count). The maximum Gasteiger partial charge on any atom is 0.333 e. The normalized spacial score (nSPS) is 30.4. The summed E-state index contributed by atoms with van der Waals surface area (Å²) in [5.74, 6) is -0.317. The Balaban J connectivity index is 1.88. The zero-order chi connectivity index (χ0) is 9.26. The lowest BCUT2D eigenvalue weighted by Gasteiger charge is -2.08. The molecule has 4 nitrogen and oxygen atoms in total. The Morgan fingerprint density at radius 1 is 1.77 bits per heavy atom. The number of carbonyl (C=O) groups is 1. The zero-order valence-electron chi connectivity index (χ0n) is 7.23. The highest BCUT2D eigenvalue weighted by Gasteiger charge is 2.40. The molecule has 2 atom stereocenters. The molecular weight excluding hydrogens is 172 g/mol. The van der Waals surface area contributed by atoms with Crippen molar-refractivity contribution >= 4 is 5.97 Å². The molecule has 0 radical (unpaired) electrons. The van der Waals surface area contributed by atoms with Gasteiger partial charge < -0.3 is 14.6 Å². The lowest BCUT2D eigenvalue weighted by atomic mass is 10.00. The number of fused-ring (bicyclic) bond motifs is 1. The van der Waals surface area contributed by atoms with E-state index in [9.17, 15) is 4.79 Å². The highest BCUT2D eigenvalue weighted by atomic mass is 16.6. The van der Waals surface area contributed by atoms with Crippen LogP contribution in [0, 0.1) is 0 Å². The van der Waals surface area contributed by atoms with Gasteiger partial charge in [-0.25, -0.2) is 4.79 Å². The van der Waals surface area contributed by atoms with E-state index in [2.05, 4.69) is 0 Å². The number of hydrogen-bond acceptors (Lipinski definition) is 4. The predicted molar refractivity (Wildman–Crippen MR) is 44.0 cm³/mol. The Morgan fingerprint density at radius 2 is 2.62 bits per heavy atom. The van der Waals surface area contributed by atoms with Crippen LogP contribution in [0.3, 0.4) is 0 Å². The van der Waals surface area contributed by atoms with Crippen LogP contribution in [0.5, 0.6) is 0 Å². The predicted octanol–water partition coefficient (Wildman–Crippen LogP) is 0.00950. The number of carbonyl (C=O) groups excluding carboxylic acids is 1. The van der Waals surface area contributed by atoms with Gasteiger partial charge >= 0.3 is 5.97 Å². The fourth-order valence-corrected chi connectivity index (χ4v) is 1.52. The van der Waals surface area contributed by atoms with Crippen molar-refractivity contribution in [2.45, 2.75) is 25.0 Å². The zero-order valence-corrected chi connectivity index (χ0v) is 7.23. The minimum atomic E-state index is -0.317. The molecule has 4 heteroatoms. The molecule has 2 unspecified atom stereocenters. The van der Waals surface area contributed by atoms with E-state index in [-0.39, 0.29) is 25.3 Å². The van der Waals surface area contributed by atoms with Crippen LogP contribution in [0.1, 0.15) is 12.8 Å². The molecule has 0 saturated carbocycles. The Bertz CT molecular complexity index is 246. The smallest absolute Gasteiger partial charge is 0.333 e.